The molecule has 0 unspecified atom stereocenters. The Labute approximate surface area is 130 Å². The Kier molecular flexibility index (Phi) is 3.61. The predicted molar refractivity (Wildman–Crippen MR) is 84.0 cm³/mol. The van der Waals surface area contributed by atoms with Crippen LogP contribution in [0, 0.1) is 5.82 Å². The average molecular weight is 342 g/mol. The molecule has 2 aromatic carbocycles. The topological polar surface area (TPSA) is 46.2 Å². The first-order chi connectivity index (χ1) is 9.95. The Bertz CT molecular complexity index is 922. The van der Waals surface area contributed by atoms with Gasteiger partial charge in [-0.2, -0.15) is 0 Å². The summed E-state index contributed by atoms with van der Waals surface area (Å²) in [5.41, 5.74) is 0.446. The Balaban J connectivity index is 1.96. The standard InChI is InChI=1S/C14H9ClFNO2S2/c15-12-8-11(2-3-13(12)16)21(18,19)17-10-1-4-14-9(7-10)5-6-20-14/h1-8,17H. The number of hydrogen-bond acceptors (Lipinski definition) is 3. The van der Waals surface area contributed by atoms with E-state index in [0.717, 1.165) is 22.2 Å². The van der Waals surface area contributed by atoms with E-state index in [9.17, 15) is 12.8 Å². The molecular formula is C14H9ClFNO2S2. The number of hydrogen-bond donors (Lipinski definition) is 1. The van der Waals surface area contributed by atoms with E-state index in [0.29, 0.717) is 5.69 Å². The molecule has 0 atom stereocenters. The van der Waals surface area contributed by atoms with Gasteiger partial charge in [0.1, 0.15) is 5.82 Å². The van der Waals surface area contributed by atoms with E-state index in [4.69, 9.17) is 11.6 Å². The quantitative estimate of drug-likeness (QED) is 0.762. The predicted octanol–water partition coefficient (Wildman–Crippen LogP) is 4.49. The summed E-state index contributed by atoms with van der Waals surface area (Å²) < 4.78 is 41.1. The number of halogens is 2. The van der Waals surface area contributed by atoms with Gasteiger partial charge in [0, 0.05) is 10.4 Å². The molecule has 0 amide bonds. The zero-order valence-corrected chi connectivity index (χ0v) is 12.9. The second-order valence-corrected chi connectivity index (χ2v) is 7.39. The van der Waals surface area contributed by atoms with Crippen LogP contribution in [0.15, 0.2) is 52.7 Å². The van der Waals surface area contributed by atoms with E-state index in [1.165, 1.54) is 6.07 Å². The Hall–Kier alpha value is -1.63. The van der Waals surface area contributed by atoms with Crippen molar-refractivity contribution in [3.05, 3.63) is 58.7 Å². The molecule has 0 aliphatic heterocycles. The number of fused-ring (bicyclic) bond motifs is 1. The zero-order chi connectivity index (χ0) is 15.0. The molecule has 21 heavy (non-hydrogen) atoms. The number of nitrogens with one attached hydrogen (secondary N) is 1. The highest BCUT2D eigenvalue weighted by Gasteiger charge is 2.16. The minimum atomic E-state index is -3.80. The average Bonchev–Trinajstić information content (AvgIpc) is 2.88. The molecule has 3 rings (SSSR count). The van der Waals surface area contributed by atoms with E-state index >= 15 is 0 Å². The molecule has 0 saturated carbocycles. The number of benzene rings is 2. The van der Waals surface area contributed by atoms with Gasteiger partial charge in [-0.25, -0.2) is 12.8 Å². The van der Waals surface area contributed by atoms with Gasteiger partial charge < -0.3 is 0 Å². The number of sulfonamides is 1. The maximum Gasteiger partial charge on any atom is 0.261 e. The molecule has 3 aromatic rings. The Morgan fingerprint density at radius 3 is 2.67 bits per heavy atom. The molecule has 0 aliphatic rings. The van der Waals surface area contributed by atoms with Gasteiger partial charge in [-0.15, -0.1) is 11.3 Å². The van der Waals surface area contributed by atoms with Crippen molar-refractivity contribution >= 4 is 48.7 Å². The van der Waals surface area contributed by atoms with Crippen LogP contribution >= 0.6 is 22.9 Å². The van der Waals surface area contributed by atoms with Crippen LogP contribution in [-0.2, 0) is 10.0 Å². The molecule has 0 radical (unpaired) electrons. The lowest BCUT2D eigenvalue weighted by Gasteiger charge is -2.08. The van der Waals surface area contributed by atoms with E-state index in [1.807, 2.05) is 17.5 Å². The molecule has 0 bridgehead atoms. The molecule has 1 N–H and O–H groups in total. The van der Waals surface area contributed by atoms with Crippen LogP contribution in [0.1, 0.15) is 0 Å². The SMILES string of the molecule is O=S(=O)(Nc1ccc2sccc2c1)c1ccc(F)c(Cl)c1. The summed E-state index contributed by atoms with van der Waals surface area (Å²) in [5, 5.41) is 2.66. The fourth-order valence-electron chi connectivity index (χ4n) is 1.89. The smallest absolute Gasteiger partial charge is 0.261 e. The first kappa shape index (κ1) is 14.3. The molecule has 3 nitrogen and oxygen atoms in total. The molecule has 0 fully saturated rings. The summed E-state index contributed by atoms with van der Waals surface area (Å²) >= 11 is 7.20. The summed E-state index contributed by atoms with van der Waals surface area (Å²) in [6.45, 7) is 0. The van der Waals surface area contributed by atoms with Crippen molar-refractivity contribution in [2.45, 2.75) is 4.90 Å². The number of anilines is 1. The molecule has 0 saturated heterocycles. The summed E-state index contributed by atoms with van der Waals surface area (Å²) in [6.07, 6.45) is 0. The molecule has 1 heterocycles. The Morgan fingerprint density at radius 2 is 1.90 bits per heavy atom. The van der Waals surface area contributed by atoms with Crippen LogP contribution in [0.25, 0.3) is 10.1 Å². The number of thiophene rings is 1. The second-order valence-electron chi connectivity index (χ2n) is 4.35. The van der Waals surface area contributed by atoms with Crippen molar-refractivity contribution in [3.8, 4) is 0 Å². The second kappa shape index (κ2) is 5.29. The fraction of sp³-hybridized carbons (Fsp3) is 0. The largest absolute Gasteiger partial charge is 0.280 e. The normalized spacial score (nSPS) is 11.7. The van der Waals surface area contributed by atoms with Crippen LogP contribution in [0.5, 0.6) is 0 Å². The monoisotopic (exact) mass is 341 g/mol. The van der Waals surface area contributed by atoms with Gasteiger partial charge >= 0.3 is 0 Å². The summed E-state index contributed by atoms with van der Waals surface area (Å²) in [7, 11) is -3.80. The third-order valence-corrected chi connectivity index (χ3v) is 5.47. The molecule has 1 aromatic heterocycles. The molecule has 7 heteroatoms. The van der Waals surface area contributed by atoms with Crippen molar-refractivity contribution in [2.24, 2.45) is 0 Å². The van der Waals surface area contributed by atoms with Gasteiger partial charge in [0.2, 0.25) is 0 Å². The third kappa shape index (κ3) is 2.88. The lowest BCUT2D eigenvalue weighted by atomic mass is 10.2. The molecule has 0 aliphatic carbocycles. The molecular weight excluding hydrogens is 333 g/mol. The van der Waals surface area contributed by atoms with Crippen molar-refractivity contribution in [3.63, 3.8) is 0 Å². The minimum absolute atomic E-state index is 0.0840. The minimum Gasteiger partial charge on any atom is -0.280 e. The molecule has 0 spiro atoms. The zero-order valence-electron chi connectivity index (χ0n) is 10.5. The van der Waals surface area contributed by atoms with E-state index in [-0.39, 0.29) is 9.92 Å². The van der Waals surface area contributed by atoms with Crippen LogP contribution in [0.2, 0.25) is 5.02 Å². The maximum absolute atomic E-state index is 13.1. The third-order valence-electron chi connectivity index (χ3n) is 2.91. The highest BCUT2D eigenvalue weighted by atomic mass is 35.5. The fourth-order valence-corrected chi connectivity index (χ4v) is 3.98. The summed E-state index contributed by atoms with van der Waals surface area (Å²) in [4.78, 5) is -0.0840. The van der Waals surface area contributed by atoms with Crippen LogP contribution in [0.4, 0.5) is 10.1 Å². The van der Waals surface area contributed by atoms with E-state index in [2.05, 4.69) is 4.72 Å². The van der Waals surface area contributed by atoms with Crippen LogP contribution in [0.3, 0.4) is 0 Å². The molecule has 108 valence electrons. The van der Waals surface area contributed by atoms with Gasteiger partial charge in [0.25, 0.3) is 10.0 Å². The van der Waals surface area contributed by atoms with Crippen molar-refractivity contribution < 1.29 is 12.8 Å². The lowest BCUT2D eigenvalue weighted by molar-refractivity contribution is 0.599. The Morgan fingerprint density at radius 1 is 1.10 bits per heavy atom. The summed E-state index contributed by atoms with van der Waals surface area (Å²) in [5.74, 6) is -0.657. The van der Waals surface area contributed by atoms with Gasteiger partial charge in [-0.1, -0.05) is 11.6 Å². The summed E-state index contributed by atoms with van der Waals surface area (Å²) in [6, 6.07) is 10.5. The maximum atomic E-state index is 13.1. The highest BCUT2D eigenvalue weighted by Crippen LogP contribution is 2.26. The van der Waals surface area contributed by atoms with E-state index < -0.39 is 15.8 Å². The first-order valence-corrected chi connectivity index (χ1v) is 8.65. The highest BCUT2D eigenvalue weighted by molar-refractivity contribution is 7.92. The van der Waals surface area contributed by atoms with Crippen molar-refractivity contribution in [1.29, 1.82) is 0 Å². The lowest BCUT2D eigenvalue weighted by Crippen LogP contribution is -2.13. The van der Waals surface area contributed by atoms with Gasteiger partial charge in [0.15, 0.2) is 0 Å². The van der Waals surface area contributed by atoms with Crippen molar-refractivity contribution in [1.82, 2.24) is 0 Å². The van der Waals surface area contributed by atoms with Gasteiger partial charge in [-0.3, -0.25) is 4.72 Å². The first-order valence-electron chi connectivity index (χ1n) is 5.91. The van der Waals surface area contributed by atoms with Gasteiger partial charge in [-0.05, 0) is 53.2 Å². The van der Waals surface area contributed by atoms with E-state index in [1.54, 1.807) is 23.5 Å². The number of rotatable bonds is 3. The van der Waals surface area contributed by atoms with Crippen molar-refractivity contribution in [2.75, 3.05) is 4.72 Å². The van der Waals surface area contributed by atoms with Crippen LogP contribution < -0.4 is 4.72 Å². The van der Waals surface area contributed by atoms with Crippen LogP contribution in [-0.4, -0.2) is 8.42 Å². The van der Waals surface area contributed by atoms with Gasteiger partial charge in [0.05, 0.1) is 9.92 Å².